The van der Waals surface area contributed by atoms with Crippen LogP contribution < -0.4 is 10.6 Å². The fourth-order valence-electron chi connectivity index (χ4n) is 1.81. The molecule has 7 nitrogen and oxygen atoms in total. The monoisotopic (exact) mass is 428 g/mol. The van der Waals surface area contributed by atoms with Crippen LogP contribution in [0, 0.1) is 0 Å². The van der Waals surface area contributed by atoms with E-state index in [1.165, 1.54) is 0 Å². The van der Waals surface area contributed by atoms with Crippen molar-refractivity contribution in [3.05, 3.63) is 0 Å². The third-order valence-electron chi connectivity index (χ3n) is 3.38. The highest BCUT2D eigenvalue weighted by Crippen LogP contribution is 2.17. The van der Waals surface area contributed by atoms with E-state index in [1.807, 2.05) is 12.5 Å². The summed E-state index contributed by atoms with van der Waals surface area (Å²) in [7, 11) is 0. The lowest BCUT2D eigenvalue weighted by Crippen LogP contribution is -2.43. The molecule has 1 amide bonds. The molecule has 0 heterocycles. The Bertz CT molecular complexity index is 339. The maximum Gasteiger partial charge on any atom is 0.207 e. The summed E-state index contributed by atoms with van der Waals surface area (Å²) in [5, 5.41) is 5.57. The molecule has 9 heteroatoms. The highest BCUT2D eigenvalue weighted by molar-refractivity contribution is 7.97. The number of rotatable bonds is 18. The molecule has 1 unspecified atom stereocenters. The maximum atomic E-state index is 13.8. The van der Waals surface area contributed by atoms with Crippen LogP contribution in [0.2, 0.25) is 0 Å². The van der Waals surface area contributed by atoms with Gasteiger partial charge in [0.05, 0.1) is 58.4 Å². The maximum absolute atomic E-state index is 13.8. The highest BCUT2D eigenvalue weighted by atomic mass is 32.2. The van der Waals surface area contributed by atoms with Gasteiger partial charge in [-0.2, -0.15) is 11.8 Å². The second-order valence-corrected chi connectivity index (χ2v) is 7.62. The van der Waals surface area contributed by atoms with E-state index in [0.29, 0.717) is 52.1 Å². The van der Waals surface area contributed by atoms with Gasteiger partial charge in [-0.3, -0.25) is 4.79 Å². The van der Waals surface area contributed by atoms with Gasteiger partial charge in [-0.1, -0.05) is 13.8 Å². The smallest absolute Gasteiger partial charge is 0.207 e. The molecule has 0 saturated carbocycles. The van der Waals surface area contributed by atoms with E-state index >= 15 is 0 Å². The SMILES string of the molecule is CC(C)NCCOCCOCCOCCOC(C)(C)C(F)CNC=O.CSC. The largest absolute Gasteiger partial charge is 0.378 e. The van der Waals surface area contributed by atoms with Crippen LogP contribution in [0.5, 0.6) is 0 Å². The van der Waals surface area contributed by atoms with Crippen molar-refractivity contribution in [3.8, 4) is 0 Å². The number of nitrogens with one attached hydrogen (secondary N) is 2. The lowest BCUT2D eigenvalue weighted by Gasteiger charge is -2.28. The minimum absolute atomic E-state index is 0.0686. The quantitative estimate of drug-likeness (QED) is 0.255. The molecule has 2 N–H and O–H groups in total. The van der Waals surface area contributed by atoms with Crippen molar-refractivity contribution in [1.82, 2.24) is 10.6 Å². The molecule has 0 bridgehead atoms. The second-order valence-electron chi connectivity index (χ2n) is 6.80. The first-order chi connectivity index (χ1) is 13.3. The van der Waals surface area contributed by atoms with E-state index in [9.17, 15) is 9.18 Å². The molecule has 0 aromatic rings. The molecule has 0 spiro atoms. The Kier molecular flexibility index (Phi) is 22.6. The lowest BCUT2D eigenvalue weighted by molar-refractivity contribution is -0.111. The highest BCUT2D eigenvalue weighted by Gasteiger charge is 2.30. The number of amides is 1. The Morgan fingerprint density at radius 3 is 1.89 bits per heavy atom. The molecule has 0 fully saturated rings. The number of hydrogen-bond acceptors (Lipinski definition) is 7. The first-order valence-corrected chi connectivity index (χ1v) is 11.3. The summed E-state index contributed by atoms with van der Waals surface area (Å²) in [6, 6.07) is 0.468. The van der Waals surface area contributed by atoms with Crippen molar-refractivity contribution in [2.45, 2.75) is 45.5 Å². The zero-order valence-corrected chi connectivity index (χ0v) is 19.2. The number of ether oxygens (including phenoxy) is 4. The molecular formula is C19H41FN2O5S. The predicted octanol–water partition coefficient (Wildman–Crippen LogP) is 1.89. The Morgan fingerprint density at radius 2 is 1.43 bits per heavy atom. The van der Waals surface area contributed by atoms with Gasteiger partial charge in [0.25, 0.3) is 0 Å². The molecule has 170 valence electrons. The Labute approximate surface area is 174 Å². The lowest BCUT2D eigenvalue weighted by atomic mass is 10.0. The topological polar surface area (TPSA) is 78.1 Å². The van der Waals surface area contributed by atoms with Crippen molar-refractivity contribution in [1.29, 1.82) is 0 Å². The zero-order valence-electron chi connectivity index (χ0n) is 18.4. The fourth-order valence-corrected chi connectivity index (χ4v) is 1.81. The molecule has 0 aliphatic heterocycles. The molecule has 0 aromatic carbocycles. The first kappa shape index (κ1) is 29.7. The van der Waals surface area contributed by atoms with Gasteiger partial charge in [0, 0.05) is 12.6 Å². The Balaban J connectivity index is 0. The summed E-state index contributed by atoms with van der Waals surface area (Å²) in [6.45, 7) is 11.6. The van der Waals surface area contributed by atoms with Crippen LogP contribution in [0.1, 0.15) is 27.7 Å². The van der Waals surface area contributed by atoms with E-state index in [0.717, 1.165) is 6.54 Å². The van der Waals surface area contributed by atoms with Crippen molar-refractivity contribution < 1.29 is 28.1 Å². The Morgan fingerprint density at radius 1 is 0.964 bits per heavy atom. The normalized spacial score (nSPS) is 12.4. The molecule has 0 aromatic heterocycles. The van der Waals surface area contributed by atoms with Gasteiger partial charge in [-0.05, 0) is 26.4 Å². The van der Waals surface area contributed by atoms with E-state index in [1.54, 1.807) is 25.6 Å². The van der Waals surface area contributed by atoms with Crippen molar-refractivity contribution >= 4 is 18.2 Å². The number of hydrogen-bond donors (Lipinski definition) is 2. The van der Waals surface area contributed by atoms with Gasteiger partial charge in [0.2, 0.25) is 6.41 Å². The summed E-state index contributed by atoms with van der Waals surface area (Å²) in [5.41, 5.74) is -0.975. The van der Waals surface area contributed by atoms with Gasteiger partial charge < -0.3 is 29.6 Å². The standard InChI is InChI=1S/C17H35FN2O5.C2H6S/c1-15(2)20-5-6-22-7-8-23-9-10-24-11-12-25-17(3,4)16(18)13-19-14-21;1-3-2/h14-16,20H,5-13H2,1-4H3,(H,19,21);1-2H3. The minimum Gasteiger partial charge on any atom is -0.378 e. The molecular weight excluding hydrogens is 387 g/mol. The molecule has 28 heavy (non-hydrogen) atoms. The first-order valence-electron chi connectivity index (χ1n) is 9.63. The average molecular weight is 429 g/mol. The number of alkyl halides is 1. The molecule has 0 radical (unpaired) electrons. The summed E-state index contributed by atoms with van der Waals surface area (Å²) in [5.74, 6) is 0. The van der Waals surface area contributed by atoms with E-state index in [2.05, 4.69) is 24.5 Å². The van der Waals surface area contributed by atoms with Crippen molar-refractivity contribution in [2.75, 3.05) is 71.8 Å². The summed E-state index contributed by atoms with van der Waals surface area (Å²) in [4.78, 5) is 10.2. The van der Waals surface area contributed by atoms with Crippen LogP contribution in [-0.4, -0.2) is 96.1 Å². The predicted molar refractivity (Wildman–Crippen MR) is 114 cm³/mol. The third kappa shape index (κ3) is 21.8. The summed E-state index contributed by atoms with van der Waals surface area (Å²) >= 11 is 1.75. The van der Waals surface area contributed by atoms with Crippen molar-refractivity contribution in [3.63, 3.8) is 0 Å². The van der Waals surface area contributed by atoms with E-state index < -0.39 is 11.8 Å². The van der Waals surface area contributed by atoms with Crippen LogP contribution in [0.15, 0.2) is 0 Å². The van der Waals surface area contributed by atoms with Gasteiger partial charge >= 0.3 is 0 Å². The van der Waals surface area contributed by atoms with Gasteiger partial charge in [-0.15, -0.1) is 0 Å². The van der Waals surface area contributed by atoms with Crippen LogP contribution >= 0.6 is 11.8 Å². The van der Waals surface area contributed by atoms with Gasteiger partial charge in [0.15, 0.2) is 0 Å². The average Bonchev–Trinajstić information content (AvgIpc) is 2.63. The Hall–Kier alpha value is -0.450. The molecule has 0 rings (SSSR count). The van der Waals surface area contributed by atoms with Gasteiger partial charge in [-0.25, -0.2) is 4.39 Å². The number of carbonyl (C=O) groups is 1. The van der Waals surface area contributed by atoms with Gasteiger partial charge in [0.1, 0.15) is 6.17 Å². The summed E-state index contributed by atoms with van der Waals surface area (Å²) in [6.07, 6.45) is 3.27. The number of thioether (sulfide) groups is 1. The van der Waals surface area contributed by atoms with Crippen LogP contribution in [0.3, 0.4) is 0 Å². The minimum atomic E-state index is -1.28. The van der Waals surface area contributed by atoms with Crippen LogP contribution in [0.4, 0.5) is 4.39 Å². The summed E-state index contributed by atoms with van der Waals surface area (Å²) < 4.78 is 35.4. The molecule has 0 saturated heterocycles. The fraction of sp³-hybridized carbons (Fsp3) is 0.947. The second kappa shape index (κ2) is 21.3. The van der Waals surface area contributed by atoms with E-state index in [4.69, 9.17) is 18.9 Å². The zero-order chi connectivity index (χ0) is 21.7. The van der Waals surface area contributed by atoms with Crippen LogP contribution in [-0.2, 0) is 23.7 Å². The molecule has 0 aliphatic carbocycles. The molecule has 0 aliphatic rings. The van der Waals surface area contributed by atoms with E-state index in [-0.39, 0.29) is 13.2 Å². The molecule has 1 atom stereocenters. The third-order valence-corrected chi connectivity index (χ3v) is 3.38. The number of halogens is 1. The number of carbonyl (C=O) groups excluding carboxylic acids is 1. The van der Waals surface area contributed by atoms with Crippen LogP contribution in [0.25, 0.3) is 0 Å². The van der Waals surface area contributed by atoms with Crippen molar-refractivity contribution in [2.24, 2.45) is 0 Å².